The van der Waals surface area contributed by atoms with Gasteiger partial charge in [0.2, 0.25) is 0 Å². The highest BCUT2D eigenvalue weighted by molar-refractivity contribution is 7.18. The largest absolute Gasteiger partial charge is 0.444 e. The van der Waals surface area contributed by atoms with Crippen molar-refractivity contribution >= 4 is 33.5 Å². The van der Waals surface area contributed by atoms with Crippen LogP contribution in [0.2, 0.25) is 0 Å². The molecule has 0 radical (unpaired) electrons. The quantitative estimate of drug-likeness (QED) is 0.819. The highest BCUT2D eigenvalue weighted by atomic mass is 32.1. The number of ether oxygens (including phenoxy) is 1. The lowest BCUT2D eigenvalue weighted by Gasteiger charge is -2.33. The molecular formula is C20H30N4O2S. The normalized spacial score (nSPS) is 16.1. The Kier molecular flexibility index (Phi) is 5.89. The van der Waals surface area contributed by atoms with Gasteiger partial charge in [-0.25, -0.2) is 14.8 Å². The van der Waals surface area contributed by atoms with E-state index >= 15 is 0 Å². The monoisotopic (exact) mass is 390 g/mol. The topological polar surface area (TPSA) is 67.4 Å². The maximum atomic E-state index is 12.2. The number of hydrogen-bond donors (Lipinski definition) is 1. The SMILES string of the molecule is CC(C)Cc1cc2c(NC3CCN(C(=O)OC(C)(C)C)CC3)ncnc2s1. The summed E-state index contributed by atoms with van der Waals surface area (Å²) in [5, 5.41) is 4.68. The average molecular weight is 391 g/mol. The van der Waals surface area contributed by atoms with Crippen LogP contribution in [0.3, 0.4) is 0 Å². The number of anilines is 1. The zero-order valence-corrected chi connectivity index (χ0v) is 17.7. The molecule has 0 aliphatic carbocycles. The molecule has 27 heavy (non-hydrogen) atoms. The van der Waals surface area contributed by atoms with Crippen LogP contribution in [0.4, 0.5) is 10.6 Å². The van der Waals surface area contributed by atoms with Gasteiger partial charge in [0.25, 0.3) is 0 Å². The molecule has 0 atom stereocenters. The van der Waals surface area contributed by atoms with E-state index in [1.807, 2.05) is 20.8 Å². The molecule has 1 aliphatic heterocycles. The summed E-state index contributed by atoms with van der Waals surface area (Å²) >= 11 is 1.75. The van der Waals surface area contributed by atoms with Gasteiger partial charge < -0.3 is 15.0 Å². The molecule has 0 bridgehead atoms. The van der Waals surface area contributed by atoms with Crippen molar-refractivity contribution in [1.82, 2.24) is 14.9 Å². The minimum atomic E-state index is -0.453. The van der Waals surface area contributed by atoms with Gasteiger partial charge in [0, 0.05) is 24.0 Å². The molecular weight excluding hydrogens is 360 g/mol. The molecule has 1 aliphatic rings. The minimum Gasteiger partial charge on any atom is -0.444 e. The zero-order chi connectivity index (χ0) is 19.6. The van der Waals surface area contributed by atoms with Gasteiger partial charge in [-0.1, -0.05) is 13.8 Å². The first-order valence-corrected chi connectivity index (χ1v) is 10.5. The van der Waals surface area contributed by atoms with Crippen LogP contribution in [0.15, 0.2) is 12.4 Å². The van der Waals surface area contributed by atoms with Crippen LogP contribution in [0.1, 0.15) is 52.3 Å². The summed E-state index contributed by atoms with van der Waals surface area (Å²) < 4.78 is 5.47. The van der Waals surface area contributed by atoms with Gasteiger partial charge in [0.05, 0.1) is 5.39 Å². The first kappa shape index (κ1) is 19.9. The lowest BCUT2D eigenvalue weighted by Crippen LogP contribution is -2.44. The van der Waals surface area contributed by atoms with Crippen LogP contribution >= 0.6 is 11.3 Å². The van der Waals surface area contributed by atoms with Gasteiger partial charge in [-0.3, -0.25) is 0 Å². The number of rotatable bonds is 4. The molecule has 7 heteroatoms. The molecule has 1 fully saturated rings. The molecule has 0 saturated carbocycles. The summed E-state index contributed by atoms with van der Waals surface area (Å²) in [6.07, 6.45) is 4.24. The number of nitrogens with zero attached hydrogens (tertiary/aromatic N) is 3. The van der Waals surface area contributed by atoms with Crippen molar-refractivity contribution in [3.63, 3.8) is 0 Å². The van der Waals surface area contributed by atoms with Crippen LogP contribution in [-0.2, 0) is 11.2 Å². The lowest BCUT2D eigenvalue weighted by molar-refractivity contribution is 0.0210. The van der Waals surface area contributed by atoms with Crippen LogP contribution in [0, 0.1) is 5.92 Å². The van der Waals surface area contributed by atoms with Crippen LogP contribution in [0.5, 0.6) is 0 Å². The number of carbonyl (C=O) groups excluding carboxylic acids is 1. The van der Waals surface area contributed by atoms with Crippen molar-refractivity contribution in [3.8, 4) is 0 Å². The Labute approximate surface area is 165 Å². The van der Waals surface area contributed by atoms with E-state index in [1.165, 1.54) is 4.88 Å². The molecule has 0 aromatic carbocycles. The predicted octanol–water partition coefficient (Wildman–Crippen LogP) is 4.70. The van der Waals surface area contributed by atoms with E-state index in [0.717, 1.165) is 35.3 Å². The maximum Gasteiger partial charge on any atom is 0.410 e. The van der Waals surface area contributed by atoms with Gasteiger partial charge in [-0.15, -0.1) is 11.3 Å². The Morgan fingerprint density at radius 3 is 2.67 bits per heavy atom. The third kappa shape index (κ3) is 5.31. The number of aromatic nitrogens is 2. The van der Waals surface area contributed by atoms with Crippen molar-refractivity contribution in [2.24, 2.45) is 5.92 Å². The fourth-order valence-corrected chi connectivity index (χ4v) is 4.46. The zero-order valence-electron chi connectivity index (χ0n) is 16.9. The Hall–Kier alpha value is -1.89. The first-order chi connectivity index (χ1) is 12.7. The second-order valence-corrected chi connectivity index (χ2v) is 9.75. The summed E-state index contributed by atoms with van der Waals surface area (Å²) in [5.41, 5.74) is -0.453. The van der Waals surface area contributed by atoms with E-state index in [4.69, 9.17) is 4.74 Å². The fraction of sp³-hybridized carbons (Fsp3) is 0.650. The maximum absolute atomic E-state index is 12.2. The van der Waals surface area contributed by atoms with Gasteiger partial charge >= 0.3 is 6.09 Å². The first-order valence-electron chi connectivity index (χ1n) is 9.69. The van der Waals surface area contributed by atoms with E-state index in [2.05, 4.69) is 35.2 Å². The summed E-state index contributed by atoms with van der Waals surface area (Å²) in [7, 11) is 0. The van der Waals surface area contributed by atoms with Crippen molar-refractivity contribution in [3.05, 3.63) is 17.3 Å². The molecule has 148 valence electrons. The molecule has 6 nitrogen and oxygen atoms in total. The number of thiophene rings is 1. The number of nitrogens with one attached hydrogen (secondary N) is 1. The number of amides is 1. The molecule has 1 saturated heterocycles. The van der Waals surface area contributed by atoms with Crippen molar-refractivity contribution in [2.75, 3.05) is 18.4 Å². The molecule has 0 spiro atoms. The Morgan fingerprint density at radius 1 is 1.33 bits per heavy atom. The Morgan fingerprint density at radius 2 is 2.04 bits per heavy atom. The van der Waals surface area contributed by atoms with E-state index in [1.54, 1.807) is 22.6 Å². The van der Waals surface area contributed by atoms with Gasteiger partial charge in [0.1, 0.15) is 22.6 Å². The van der Waals surface area contributed by atoms with Crippen molar-refractivity contribution < 1.29 is 9.53 Å². The molecule has 1 N–H and O–H groups in total. The Balaban J connectivity index is 1.62. The highest BCUT2D eigenvalue weighted by Gasteiger charge is 2.27. The van der Waals surface area contributed by atoms with Crippen molar-refractivity contribution in [2.45, 2.75) is 65.5 Å². The average Bonchev–Trinajstić information content (AvgIpc) is 2.96. The molecule has 3 heterocycles. The summed E-state index contributed by atoms with van der Waals surface area (Å²) in [6, 6.07) is 2.52. The van der Waals surface area contributed by atoms with Crippen molar-refractivity contribution in [1.29, 1.82) is 0 Å². The summed E-state index contributed by atoms with van der Waals surface area (Å²) in [5.74, 6) is 1.53. The third-order valence-electron chi connectivity index (χ3n) is 4.48. The second kappa shape index (κ2) is 8.00. The van der Waals surface area contributed by atoms with E-state index in [9.17, 15) is 4.79 Å². The van der Waals surface area contributed by atoms with Crippen LogP contribution in [-0.4, -0.2) is 45.7 Å². The van der Waals surface area contributed by atoms with Gasteiger partial charge in [-0.05, 0) is 52.0 Å². The molecule has 0 unspecified atom stereocenters. The predicted molar refractivity (Wildman–Crippen MR) is 110 cm³/mol. The van der Waals surface area contributed by atoms with E-state index in [0.29, 0.717) is 25.0 Å². The molecule has 3 rings (SSSR count). The number of piperidine rings is 1. The van der Waals surface area contributed by atoms with E-state index in [-0.39, 0.29) is 6.09 Å². The van der Waals surface area contributed by atoms with Gasteiger partial charge in [0.15, 0.2) is 0 Å². The number of hydrogen-bond acceptors (Lipinski definition) is 6. The number of likely N-dealkylation sites (tertiary alicyclic amines) is 1. The fourth-order valence-electron chi connectivity index (χ4n) is 3.25. The number of fused-ring (bicyclic) bond motifs is 1. The standard InChI is InChI=1S/C20H30N4O2S/c1-13(2)10-15-11-16-17(21-12-22-18(16)27-15)23-14-6-8-24(9-7-14)19(25)26-20(3,4)5/h11-14H,6-10H2,1-5H3,(H,21,22,23). The summed E-state index contributed by atoms with van der Waals surface area (Å²) in [4.78, 5) is 25.3. The Bertz CT molecular complexity index is 789. The second-order valence-electron chi connectivity index (χ2n) is 8.64. The number of carbonyl (C=O) groups is 1. The van der Waals surface area contributed by atoms with Crippen LogP contribution < -0.4 is 5.32 Å². The lowest BCUT2D eigenvalue weighted by atomic mass is 10.1. The highest BCUT2D eigenvalue weighted by Crippen LogP contribution is 2.30. The molecule has 2 aromatic heterocycles. The molecule has 2 aromatic rings. The summed E-state index contributed by atoms with van der Waals surface area (Å²) in [6.45, 7) is 11.5. The third-order valence-corrected chi connectivity index (χ3v) is 5.54. The van der Waals surface area contributed by atoms with E-state index < -0.39 is 5.60 Å². The smallest absolute Gasteiger partial charge is 0.410 e. The van der Waals surface area contributed by atoms with Gasteiger partial charge in [-0.2, -0.15) is 0 Å². The molecule has 1 amide bonds. The van der Waals surface area contributed by atoms with Crippen LogP contribution in [0.25, 0.3) is 10.2 Å². The minimum absolute atomic E-state index is 0.221.